The molecule has 0 amide bonds. The SMILES string of the molecule is CSCCCCNS(=O)(=O)c1cccc2ccccc12. The first-order valence-electron chi connectivity index (χ1n) is 6.61. The van der Waals surface area contributed by atoms with Gasteiger partial charge in [-0.15, -0.1) is 0 Å². The highest BCUT2D eigenvalue weighted by Crippen LogP contribution is 2.22. The molecule has 0 saturated heterocycles. The van der Waals surface area contributed by atoms with Gasteiger partial charge >= 0.3 is 0 Å². The quantitative estimate of drug-likeness (QED) is 0.799. The minimum Gasteiger partial charge on any atom is -0.211 e. The van der Waals surface area contributed by atoms with Crippen molar-refractivity contribution >= 4 is 32.6 Å². The molecule has 5 heteroatoms. The number of hydrogen-bond acceptors (Lipinski definition) is 3. The second-order valence-corrected chi connectivity index (χ2v) is 7.30. The lowest BCUT2D eigenvalue weighted by molar-refractivity contribution is 0.579. The van der Waals surface area contributed by atoms with Crippen LogP contribution in [0.3, 0.4) is 0 Å². The lowest BCUT2D eigenvalue weighted by Gasteiger charge is -2.09. The third kappa shape index (κ3) is 3.75. The van der Waals surface area contributed by atoms with Crippen LogP contribution in [0.25, 0.3) is 10.8 Å². The maximum atomic E-state index is 12.4. The van der Waals surface area contributed by atoms with Crippen LogP contribution in [0.4, 0.5) is 0 Å². The van der Waals surface area contributed by atoms with E-state index in [1.54, 1.807) is 23.9 Å². The molecule has 2 aromatic rings. The Bertz CT molecular complexity index is 663. The van der Waals surface area contributed by atoms with E-state index >= 15 is 0 Å². The Balaban J connectivity index is 2.15. The molecule has 0 aromatic heterocycles. The molecule has 0 aliphatic heterocycles. The third-order valence-corrected chi connectivity index (χ3v) is 5.32. The van der Waals surface area contributed by atoms with Gasteiger partial charge in [-0.05, 0) is 36.3 Å². The first-order chi connectivity index (χ1) is 9.65. The van der Waals surface area contributed by atoms with E-state index in [4.69, 9.17) is 0 Å². The second-order valence-electron chi connectivity index (χ2n) is 4.57. The van der Waals surface area contributed by atoms with Crippen molar-refractivity contribution in [1.82, 2.24) is 4.72 Å². The molecule has 2 aromatic carbocycles. The van der Waals surface area contributed by atoms with Gasteiger partial charge < -0.3 is 0 Å². The largest absolute Gasteiger partial charge is 0.241 e. The van der Waals surface area contributed by atoms with Gasteiger partial charge in [0.15, 0.2) is 0 Å². The molecule has 0 bridgehead atoms. The molecule has 0 spiro atoms. The van der Waals surface area contributed by atoms with E-state index in [0.717, 1.165) is 29.4 Å². The number of sulfonamides is 1. The molecule has 0 radical (unpaired) electrons. The van der Waals surface area contributed by atoms with Crippen molar-refractivity contribution in [3.63, 3.8) is 0 Å². The Kier molecular flexibility index (Phi) is 5.46. The number of fused-ring (bicyclic) bond motifs is 1. The molecule has 1 N–H and O–H groups in total. The molecule has 0 unspecified atom stereocenters. The summed E-state index contributed by atoms with van der Waals surface area (Å²) < 4.78 is 27.4. The first-order valence-corrected chi connectivity index (χ1v) is 9.49. The van der Waals surface area contributed by atoms with Crippen LogP contribution in [0.2, 0.25) is 0 Å². The maximum Gasteiger partial charge on any atom is 0.241 e. The zero-order valence-corrected chi connectivity index (χ0v) is 13.1. The molecule has 108 valence electrons. The molecule has 2 rings (SSSR count). The van der Waals surface area contributed by atoms with Crippen LogP contribution in [0.1, 0.15) is 12.8 Å². The van der Waals surface area contributed by atoms with Crippen molar-refractivity contribution in [2.24, 2.45) is 0 Å². The van der Waals surface area contributed by atoms with E-state index in [-0.39, 0.29) is 0 Å². The lowest BCUT2D eigenvalue weighted by atomic mass is 10.1. The van der Waals surface area contributed by atoms with Gasteiger partial charge in [0.2, 0.25) is 10.0 Å². The average Bonchev–Trinajstić information content (AvgIpc) is 2.46. The average molecular weight is 309 g/mol. The van der Waals surface area contributed by atoms with Crippen LogP contribution >= 0.6 is 11.8 Å². The van der Waals surface area contributed by atoms with Gasteiger partial charge in [0.05, 0.1) is 4.90 Å². The summed E-state index contributed by atoms with van der Waals surface area (Å²) >= 11 is 1.78. The zero-order valence-electron chi connectivity index (χ0n) is 11.5. The van der Waals surface area contributed by atoms with Crippen molar-refractivity contribution in [3.8, 4) is 0 Å². The normalized spacial score (nSPS) is 11.8. The fraction of sp³-hybridized carbons (Fsp3) is 0.333. The monoisotopic (exact) mass is 309 g/mol. The van der Waals surface area contributed by atoms with Gasteiger partial charge in [-0.3, -0.25) is 0 Å². The van der Waals surface area contributed by atoms with Crippen LogP contribution in [0.5, 0.6) is 0 Å². The highest BCUT2D eigenvalue weighted by atomic mass is 32.2. The van der Waals surface area contributed by atoms with E-state index in [1.807, 2.05) is 30.3 Å². The van der Waals surface area contributed by atoms with Gasteiger partial charge in [-0.1, -0.05) is 36.4 Å². The van der Waals surface area contributed by atoms with Crippen molar-refractivity contribution in [2.45, 2.75) is 17.7 Å². The van der Waals surface area contributed by atoms with E-state index < -0.39 is 10.0 Å². The highest BCUT2D eigenvalue weighted by molar-refractivity contribution is 7.98. The third-order valence-electron chi connectivity index (χ3n) is 3.11. The molecule has 0 fully saturated rings. The fourth-order valence-corrected chi connectivity index (χ4v) is 3.88. The predicted octanol–water partition coefficient (Wildman–Crippen LogP) is 3.26. The highest BCUT2D eigenvalue weighted by Gasteiger charge is 2.15. The molecule has 20 heavy (non-hydrogen) atoms. The van der Waals surface area contributed by atoms with Gasteiger partial charge in [0.25, 0.3) is 0 Å². The summed E-state index contributed by atoms with van der Waals surface area (Å²) in [5.74, 6) is 1.07. The molecule has 3 nitrogen and oxygen atoms in total. The summed E-state index contributed by atoms with van der Waals surface area (Å²) in [6.07, 6.45) is 3.95. The molecule has 0 aliphatic rings. The van der Waals surface area contributed by atoms with Gasteiger partial charge in [-0.2, -0.15) is 11.8 Å². The molecule has 0 saturated carbocycles. The fourth-order valence-electron chi connectivity index (χ4n) is 2.09. The summed E-state index contributed by atoms with van der Waals surface area (Å²) in [5.41, 5.74) is 0. The van der Waals surface area contributed by atoms with Crippen LogP contribution in [0.15, 0.2) is 47.4 Å². The van der Waals surface area contributed by atoms with Gasteiger partial charge in [-0.25, -0.2) is 13.1 Å². The number of rotatable bonds is 7. The van der Waals surface area contributed by atoms with E-state index in [9.17, 15) is 8.42 Å². The number of thioether (sulfide) groups is 1. The maximum absolute atomic E-state index is 12.4. The smallest absolute Gasteiger partial charge is 0.211 e. The number of hydrogen-bond donors (Lipinski definition) is 1. The molecule has 0 atom stereocenters. The Labute approximate surface area is 124 Å². The summed E-state index contributed by atoms with van der Waals surface area (Å²) in [7, 11) is -3.43. The van der Waals surface area contributed by atoms with Crippen LogP contribution in [-0.4, -0.2) is 27.0 Å². The van der Waals surface area contributed by atoms with E-state index in [1.165, 1.54) is 0 Å². The van der Waals surface area contributed by atoms with E-state index in [0.29, 0.717) is 11.4 Å². The van der Waals surface area contributed by atoms with Crippen LogP contribution in [-0.2, 0) is 10.0 Å². The predicted molar refractivity (Wildman–Crippen MR) is 86.8 cm³/mol. The molecular weight excluding hydrogens is 290 g/mol. The lowest BCUT2D eigenvalue weighted by Crippen LogP contribution is -2.25. The minimum absolute atomic E-state index is 0.362. The topological polar surface area (TPSA) is 46.2 Å². The number of unbranched alkanes of at least 4 members (excludes halogenated alkanes) is 1. The van der Waals surface area contributed by atoms with Crippen LogP contribution < -0.4 is 4.72 Å². The summed E-state index contributed by atoms with van der Waals surface area (Å²) in [6.45, 7) is 0.492. The molecule has 0 aliphatic carbocycles. The van der Waals surface area contributed by atoms with Crippen molar-refractivity contribution in [2.75, 3.05) is 18.6 Å². The van der Waals surface area contributed by atoms with Crippen LogP contribution in [0, 0.1) is 0 Å². The molecular formula is C15H19NO2S2. The zero-order chi connectivity index (χ0) is 14.4. The Morgan fingerprint density at radius 3 is 2.60 bits per heavy atom. The Morgan fingerprint density at radius 2 is 1.80 bits per heavy atom. The van der Waals surface area contributed by atoms with Crippen molar-refractivity contribution in [1.29, 1.82) is 0 Å². The summed E-state index contributed by atoms with van der Waals surface area (Å²) in [6, 6.07) is 12.9. The minimum atomic E-state index is -3.43. The Hall–Kier alpha value is -1.04. The molecule has 0 heterocycles. The van der Waals surface area contributed by atoms with Crippen molar-refractivity contribution < 1.29 is 8.42 Å². The summed E-state index contributed by atoms with van der Waals surface area (Å²) in [5, 5.41) is 1.71. The van der Waals surface area contributed by atoms with E-state index in [2.05, 4.69) is 11.0 Å². The van der Waals surface area contributed by atoms with Crippen molar-refractivity contribution in [3.05, 3.63) is 42.5 Å². The first kappa shape index (κ1) is 15.4. The van der Waals surface area contributed by atoms with Gasteiger partial charge in [0.1, 0.15) is 0 Å². The number of nitrogens with one attached hydrogen (secondary N) is 1. The standard InChI is InChI=1S/C15H19NO2S2/c1-19-12-5-4-11-16-20(17,18)15-10-6-8-13-7-2-3-9-14(13)15/h2-3,6-10,16H,4-5,11-12H2,1H3. The Morgan fingerprint density at radius 1 is 1.05 bits per heavy atom. The second kappa shape index (κ2) is 7.11. The summed E-state index contributed by atoms with van der Waals surface area (Å²) in [4.78, 5) is 0.362. The van der Waals surface area contributed by atoms with Gasteiger partial charge in [0, 0.05) is 11.9 Å². The number of benzene rings is 2.